The van der Waals surface area contributed by atoms with Crippen molar-refractivity contribution < 1.29 is 0 Å². The molecule has 86 valence electrons. The van der Waals surface area contributed by atoms with Gasteiger partial charge in [-0.05, 0) is 17.3 Å². The highest BCUT2D eigenvalue weighted by atomic mass is 14.2. The first-order valence-corrected chi connectivity index (χ1v) is 6.34. The summed E-state index contributed by atoms with van der Waals surface area (Å²) in [6, 6.07) is 0. The second kappa shape index (κ2) is 6.48. The molecule has 0 aromatic heterocycles. The lowest BCUT2D eigenvalue weighted by Crippen LogP contribution is -2.16. The van der Waals surface area contributed by atoms with Crippen molar-refractivity contribution in [2.75, 3.05) is 0 Å². The molecule has 0 radical (unpaired) electrons. The minimum Gasteiger partial charge on any atom is -0.0628 e. The van der Waals surface area contributed by atoms with Gasteiger partial charge in [0.15, 0.2) is 0 Å². The van der Waals surface area contributed by atoms with Gasteiger partial charge in [-0.2, -0.15) is 0 Å². The van der Waals surface area contributed by atoms with E-state index in [0.717, 1.165) is 11.8 Å². The normalized spacial score (nSPS) is 14.8. The molecule has 0 heterocycles. The molecule has 0 saturated heterocycles. The van der Waals surface area contributed by atoms with Crippen molar-refractivity contribution in [1.82, 2.24) is 0 Å². The molecule has 0 unspecified atom stereocenters. The monoisotopic (exact) mass is 198 g/mol. The Hall–Kier alpha value is 0. The van der Waals surface area contributed by atoms with Crippen LogP contribution in [0.3, 0.4) is 0 Å². The van der Waals surface area contributed by atoms with Gasteiger partial charge in [-0.3, -0.25) is 0 Å². The Kier molecular flexibility index (Phi) is 6.48. The molecule has 0 amide bonds. The highest BCUT2D eigenvalue weighted by Gasteiger charge is 2.18. The van der Waals surface area contributed by atoms with Crippen molar-refractivity contribution in [2.45, 2.75) is 73.6 Å². The van der Waals surface area contributed by atoms with Crippen molar-refractivity contribution in [3.63, 3.8) is 0 Å². The molecule has 0 aliphatic carbocycles. The van der Waals surface area contributed by atoms with E-state index in [9.17, 15) is 0 Å². The molecule has 0 rings (SSSR count). The van der Waals surface area contributed by atoms with E-state index in [1.807, 2.05) is 0 Å². The molecule has 1 atom stereocenters. The van der Waals surface area contributed by atoms with Gasteiger partial charge in [0.1, 0.15) is 0 Å². The maximum atomic E-state index is 2.39. The van der Waals surface area contributed by atoms with E-state index in [-0.39, 0.29) is 0 Å². The van der Waals surface area contributed by atoms with Crippen LogP contribution in [0.25, 0.3) is 0 Å². The van der Waals surface area contributed by atoms with Crippen LogP contribution in [-0.4, -0.2) is 0 Å². The summed E-state index contributed by atoms with van der Waals surface area (Å²) in [4.78, 5) is 0. The minimum atomic E-state index is 0.498. The van der Waals surface area contributed by atoms with E-state index >= 15 is 0 Å². The number of rotatable bonds is 6. The molecular weight excluding hydrogens is 168 g/mol. The van der Waals surface area contributed by atoms with E-state index in [1.54, 1.807) is 0 Å². The predicted octanol–water partition coefficient (Wildman–Crippen LogP) is 5.28. The van der Waals surface area contributed by atoms with E-state index < -0.39 is 0 Å². The molecule has 0 nitrogen and oxygen atoms in total. The van der Waals surface area contributed by atoms with Gasteiger partial charge in [0, 0.05) is 0 Å². The van der Waals surface area contributed by atoms with Crippen LogP contribution >= 0.6 is 0 Å². The van der Waals surface area contributed by atoms with Crippen LogP contribution in [0.2, 0.25) is 0 Å². The highest BCUT2D eigenvalue weighted by molar-refractivity contribution is 4.69. The van der Waals surface area contributed by atoms with Gasteiger partial charge in [0.2, 0.25) is 0 Å². The van der Waals surface area contributed by atoms with Crippen LogP contribution < -0.4 is 0 Å². The zero-order valence-corrected chi connectivity index (χ0v) is 11.2. The lowest BCUT2D eigenvalue weighted by atomic mass is 9.79. The number of hydrogen-bond acceptors (Lipinski definition) is 0. The summed E-state index contributed by atoms with van der Waals surface area (Å²) >= 11 is 0. The van der Waals surface area contributed by atoms with E-state index in [2.05, 4.69) is 41.5 Å². The van der Waals surface area contributed by atoms with Crippen molar-refractivity contribution in [1.29, 1.82) is 0 Å². The quantitative estimate of drug-likeness (QED) is 0.510. The summed E-state index contributed by atoms with van der Waals surface area (Å²) < 4.78 is 0. The third-order valence-electron chi connectivity index (χ3n) is 3.40. The fraction of sp³-hybridized carbons (Fsp3) is 1.00. The molecule has 0 heteroatoms. The Bertz CT molecular complexity index is 127. The molecule has 0 spiro atoms. The Morgan fingerprint density at radius 1 is 0.786 bits per heavy atom. The second-order valence-electron chi connectivity index (χ2n) is 6.30. The van der Waals surface area contributed by atoms with E-state index in [4.69, 9.17) is 0 Å². The third-order valence-corrected chi connectivity index (χ3v) is 3.40. The first-order valence-electron chi connectivity index (χ1n) is 6.34. The summed E-state index contributed by atoms with van der Waals surface area (Å²) in [5.41, 5.74) is 0.498. The fourth-order valence-electron chi connectivity index (χ4n) is 1.61. The van der Waals surface area contributed by atoms with E-state index in [1.165, 1.54) is 32.1 Å². The molecule has 14 heavy (non-hydrogen) atoms. The predicted molar refractivity (Wildman–Crippen MR) is 66.5 cm³/mol. The van der Waals surface area contributed by atoms with Crippen LogP contribution in [0, 0.1) is 17.3 Å². The molecule has 0 N–H and O–H groups in total. The van der Waals surface area contributed by atoms with Gasteiger partial charge in [0.25, 0.3) is 0 Å². The van der Waals surface area contributed by atoms with Gasteiger partial charge in [-0.25, -0.2) is 0 Å². The standard InChI is InChI=1S/C14H30/c1-12(2)10-8-7-9-11-13(3)14(4,5)6/h12-13H,7-11H2,1-6H3/t13-/m0/s1. The van der Waals surface area contributed by atoms with Crippen LogP contribution in [0.5, 0.6) is 0 Å². The summed E-state index contributed by atoms with van der Waals surface area (Å²) in [6.07, 6.45) is 7.09. The fourth-order valence-corrected chi connectivity index (χ4v) is 1.61. The van der Waals surface area contributed by atoms with Crippen molar-refractivity contribution in [3.05, 3.63) is 0 Å². The van der Waals surface area contributed by atoms with Crippen LogP contribution in [-0.2, 0) is 0 Å². The van der Waals surface area contributed by atoms with Crippen LogP contribution in [0.1, 0.15) is 73.6 Å². The maximum absolute atomic E-state index is 2.39. The average Bonchev–Trinajstić information content (AvgIpc) is 2.01. The molecular formula is C14H30. The molecule has 0 saturated carbocycles. The Morgan fingerprint density at radius 2 is 1.29 bits per heavy atom. The largest absolute Gasteiger partial charge is 0.0628 e. The topological polar surface area (TPSA) is 0 Å². The Labute approximate surface area is 91.5 Å². The summed E-state index contributed by atoms with van der Waals surface area (Å²) in [5.74, 6) is 1.75. The molecule has 0 aliphatic heterocycles. The molecule has 0 fully saturated rings. The zero-order chi connectivity index (χ0) is 11.2. The SMILES string of the molecule is CC(C)CCCCC[C@H](C)C(C)(C)C. The van der Waals surface area contributed by atoms with Crippen molar-refractivity contribution in [2.24, 2.45) is 17.3 Å². The first kappa shape index (κ1) is 14.0. The Morgan fingerprint density at radius 3 is 1.71 bits per heavy atom. The lowest BCUT2D eigenvalue weighted by Gasteiger charge is -2.27. The van der Waals surface area contributed by atoms with Gasteiger partial charge in [-0.15, -0.1) is 0 Å². The summed E-state index contributed by atoms with van der Waals surface area (Å²) in [7, 11) is 0. The van der Waals surface area contributed by atoms with Gasteiger partial charge >= 0.3 is 0 Å². The molecule has 0 aromatic carbocycles. The van der Waals surface area contributed by atoms with Crippen molar-refractivity contribution >= 4 is 0 Å². The first-order chi connectivity index (χ1) is 6.34. The third kappa shape index (κ3) is 7.41. The van der Waals surface area contributed by atoms with E-state index in [0.29, 0.717) is 5.41 Å². The number of unbranched alkanes of at least 4 members (excludes halogenated alkanes) is 2. The maximum Gasteiger partial charge on any atom is -0.0357 e. The summed E-state index contributed by atoms with van der Waals surface area (Å²) in [5, 5.41) is 0. The van der Waals surface area contributed by atoms with Crippen molar-refractivity contribution in [3.8, 4) is 0 Å². The van der Waals surface area contributed by atoms with Crippen LogP contribution in [0.15, 0.2) is 0 Å². The zero-order valence-electron chi connectivity index (χ0n) is 11.2. The Balaban J connectivity index is 3.37. The minimum absolute atomic E-state index is 0.498. The summed E-state index contributed by atoms with van der Waals surface area (Å²) in [6.45, 7) is 14.1. The molecule has 0 bridgehead atoms. The molecule has 0 aromatic rings. The van der Waals surface area contributed by atoms with Gasteiger partial charge in [-0.1, -0.05) is 73.6 Å². The molecule has 0 aliphatic rings. The number of hydrogen-bond donors (Lipinski definition) is 0. The average molecular weight is 198 g/mol. The van der Waals surface area contributed by atoms with Crippen LogP contribution in [0.4, 0.5) is 0 Å². The van der Waals surface area contributed by atoms with Gasteiger partial charge < -0.3 is 0 Å². The smallest absolute Gasteiger partial charge is 0.0357 e. The highest BCUT2D eigenvalue weighted by Crippen LogP contribution is 2.29. The second-order valence-corrected chi connectivity index (χ2v) is 6.30. The van der Waals surface area contributed by atoms with Gasteiger partial charge in [0.05, 0.1) is 0 Å². The lowest BCUT2D eigenvalue weighted by molar-refractivity contribution is 0.240.